The number of benzene rings is 12. The molecule has 0 atom stereocenters. The quantitative estimate of drug-likeness (QED) is 0.0644. The van der Waals surface area contributed by atoms with Crippen molar-refractivity contribution in [1.29, 1.82) is 0 Å². The van der Waals surface area contributed by atoms with Crippen LogP contribution in [0, 0.1) is 57.2 Å². The third-order valence-electron chi connectivity index (χ3n) is 27.4. The third kappa shape index (κ3) is 22.8. The van der Waals surface area contributed by atoms with Crippen LogP contribution in [0.2, 0.25) is 0 Å². The van der Waals surface area contributed by atoms with Gasteiger partial charge in [0.25, 0.3) is 0 Å². The number of rotatable bonds is 21. The molecule has 0 fully saturated rings. The van der Waals surface area contributed by atoms with Crippen LogP contribution in [-0.4, -0.2) is 58.0 Å². The summed E-state index contributed by atoms with van der Waals surface area (Å²) >= 11 is 0. The summed E-state index contributed by atoms with van der Waals surface area (Å²) < 4.78 is 31.5. The fourth-order valence-electron chi connectivity index (χ4n) is 20.9. The zero-order chi connectivity index (χ0) is 104. The zero-order valence-electron chi connectivity index (χ0n) is 90.5. The van der Waals surface area contributed by atoms with Crippen LogP contribution in [0.3, 0.4) is 0 Å². The second-order valence-electron chi connectivity index (χ2n) is 45.3. The maximum absolute atomic E-state index is 6.43. The van der Waals surface area contributed by atoms with Crippen molar-refractivity contribution < 1.29 is 77.4 Å². The minimum atomic E-state index is -0.0280. The first-order chi connectivity index (χ1) is 70.2. The van der Waals surface area contributed by atoms with E-state index in [1.54, 1.807) is 0 Å². The fraction of sp³-hybridized carbons (Fsp3) is 0.273. The van der Waals surface area contributed by atoms with Crippen LogP contribution in [-0.2, 0) is 115 Å². The molecular formula is C132H132N12O3Pt3. The maximum Gasteiger partial charge on any atom is 2.00 e. The molecule has 0 bridgehead atoms. The summed E-state index contributed by atoms with van der Waals surface area (Å²) in [4.78, 5) is 14.1. The van der Waals surface area contributed by atoms with Crippen LogP contribution in [0.15, 0.2) is 292 Å². The van der Waals surface area contributed by atoms with Crippen molar-refractivity contribution in [2.75, 3.05) is 0 Å². The molecule has 18 heteroatoms. The normalized spacial score (nSPS) is 12.0. The van der Waals surface area contributed by atoms with Crippen LogP contribution in [0.5, 0.6) is 34.5 Å². The van der Waals surface area contributed by atoms with Crippen LogP contribution < -0.4 is 14.2 Å². The average molecular weight is 2520 g/mol. The molecule has 0 N–H and O–H groups in total. The van der Waals surface area contributed by atoms with Crippen molar-refractivity contribution in [3.05, 3.63) is 396 Å². The molecular weight excluding hydrogens is 2390 g/mol. The predicted octanol–water partition coefficient (Wildman–Crippen LogP) is 33.8. The van der Waals surface area contributed by atoms with Gasteiger partial charge in [0.05, 0.1) is 18.6 Å². The van der Waals surface area contributed by atoms with Gasteiger partial charge in [0, 0.05) is 105 Å². The molecule has 0 aliphatic rings. The minimum Gasteiger partial charge on any atom is -0.509 e. The second kappa shape index (κ2) is 44.2. The van der Waals surface area contributed by atoms with Crippen molar-refractivity contribution in [2.24, 2.45) is 0 Å². The summed E-state index contributed by atoms with van der Waals surface area (Å²) in [7, 11) is 0. The van der Waals surface area contributed by atoms with Crippen LogP contribution in [0.4, 0.5) is 0 Å². The molecule has 0 saturated carbocycles. The van der Waals surface area contributed by atoms with Gasteiger partial charge in [-0.15, -0.1) is 107 Å². The largest absolute Gasteiger partial charge is 2.00 e. The Kier molecular flexibility index (Phi) is 32.2. The first-order valence-electron chi connectivity index (χ1n) is 51.7. The molecule has 15 nitrogen and oxygen atoms in total. The molecule has 150 heavy (non-hydrogen) atoms. The smallest absolute Gasteiger partial charge is 0.509 e. The van der Waals surface area contributed by atoms with Crippen LogP contribution in [0.25, 0.3) is 133 Å². The Morgan fingerprint density at radius 3 is 0.853 bits per heavy atom. The third-order valence-corrected chi connectivity index (χ3v) is 27.4. The van der Waals surface area contributed by atoms with Gasteiger partial charge in [0.1, 0.15) is 17.5 Å². The number of aromatic nitrogens is 12. The van der Waals surface area contributed by atoms with Crippen molar-refractivity contribution >= 4 is 65.4 Å². The fourth-order valence-corrected chi connectivity index (χ4v) is 20.9. The van der Waals surface area contributed by atoms with Crippen molar-refractivity contribution in [3.8, 4) is 102 Å². The van der Waals surface area contributed by atoms with Gasteiger partial charge in [-0.1, -0.05) is 272 Å². The van der Waals surface area contributed by atoms with E-state index >= 15 is 0 Å². The maximum atomic E-state index is 6.43. The van der Waals surface area contributed by atoms with Crippen molar-refractivity contribution in [3.63, 3.8) is 0 Å². The van der Waals surface area contributed by atoms with E-state index in [0.717, 1.165) is 172 Å². The Bertz CT molecular complexity index is 8150. The molecule has 0 aliphatic heterocycles. The Morgan fingerprint density at radius 2 is 0.567 bits per heavy atom. The summed E-state index contributed by atoms with van der Waals surface area (Å²) in [5, 5.41) is 21.3. The number of hydrogen-bond donors (Lipinski definition) is 0. The van der Waals surface area contributed by atoms with Gasteiger partial charge in [-0.2, -0.15) is 51.7 Å². The van der Waals surface area contributed by atoms with Gasteiger partial charge < -0.3 is 27.9 Å². The molecule has 0 unspecified atom stereocenters. The Balaban J connectivity index is 0.000000159. The number of pyridine rings is 3. The molecule has 9 aromatic heterocycles. The Labute approximate surface area is 928 Å². The first-order valence-corrected chi connectivity index (χ1v) is 51.7. The van der Waals surface area contributed by atoms with Gasteiger partial charge in [0.15, 0.2) is 0 Å². The summed E-state index contributed by atoms with van der Waals surface area (Å²) in [6.45, 7) is 54.5. The molecule has 0 spiro atoms. The van der Waals surface area contributed by atoms with E-state index in [9.17, 15) is 0 Å². The summed E-state index contributed by atoms with van der Waals surface area (Å²) in [5.41, 5.74) is 31.3. The molecule has 768 valence electrons. The van der Waals surface area contributed by atoms with Gasteiger partial charge in [0.2, 0.25) is 0 Å². The van der Waals surface area contributed by atoms with Crippen LogP contribution >= 0.6 is 0 Å². The Morgan fingerprint density at radius 1 is 0.273 bits per heavy atom. The van der Waals surface area contributed by atoms with Crippen LogP contribution in [0.1, 0.15) is 231 Å². The number of ether oxygens (including phenoxy) is 3. The summed E-state index contributed by atoms with van der Waals surface area (Å²) in [5.74, 6) is 6.17. The van der Waals surface area contributed by atoms with Gasteiger partial charge >= 0.3 is 63.2 Å². The predicted molar refractivity (Wildman–Crippen MR) is 604 cm³/mol. The van der Waals surface area contributed by atoms with E-state index < -0.39 is 0 Å². The van der Waals surface area contributed by atoms with E-state index in [-0.39, 0.29) is 95.7 Å². The Hall–Kier alpha value is -13.4. The number of nitrogens with zero attached hydrogens (tertiary/aromatic N) is 12. The van der Waals surface area contributed by atoms with Crippen molar-refractivity contribution in [2.45, 2.75) is 237 Å². The standard InChI is InChI=1S/3C44H44N4O.3Pt/c2*1-9-13-30-18-21-37(43(3,4)5)41(42(30)44(6,7)8)31-27-46-47(28-31)32-14-12-15-33(25-32)49-34-19-20-36-35-16-10-11-17-38(35)48(39(36)26-34)40-24-29(2)22-23-45-40;1-9-13-30-23-37(43(3,4)5)42(38(24-30)44(6,7)8)31-27-46-47(28-31)32-14-12-15-33(25-32)49-34-18-19-36-35-16-10-11-17-39(35)48(40(36)26-34)41-22-29(2)20-21-45-41;;;/h3*10-12,14-24,27-28H,9,13H2,1-8H3;;;/q3*-2;3*+2. The molecule has 12 aromatic carbocycles. The monoisotopic (exact) mass is 2520 g/mol. The van der Waals surface area contributed by atoms with E-state index in [1.807, 2.05) is 142 Å². The molecule has 9 heterocycles. The molecule has 21 rings (SSSR count). The summed E-state index contributed by atoms with van der Waals surface area (Å²) in [6.07, 6.45) is 24.4. The second-order valence-corrected chi connectivity index (χ2v) is 45.3. The number of hydrogen-bond acceptors (Lipinski definition) is 9. The first kappa shape index (κ1) is 109. The van der Waals surface area contributed by atoms with Gasteiger partial charge in [-0.05, 0) is 244 Å². The SMILES string of the molecule is CCCc1cc(C(C)(C)C)c(-c2cnn(-c3[c-]c(Oc4[c-]c5c(cc4)c4ccccc4n5-c4cc(C)ccn4)ccc3)c2)c(C(C)(C)C)c1.CCCc1ccc(C(C)(C)C)c(-c2cnn(-c3[c-]c(Oc4[c-]c5c(cc4)c4ccccc4n5-c4cc(C)ccn4)ccc3)c2)c1C(C)(C)C.CCCc1ccc(C(C)(C)C)c(-c2cnn(-c3[c-]c(Oc4[c-]c5c(cc4)c4ccccc4n5-c4cc(C)ccn4)ccc3)c2)c1C(C)(C)C.[Pt+2].[Pt+2].[Pt+2]. The van der Waals surface area contributed by atoms with E-state index in [4.69, 9.17) is 44.5 Å². The summed E-state index contributed by atoms with van der Waals surface area (Å²) in [6, 6.07) is 103. The number of fused-ring (bicyclic) bond motifs is 9. The average Bonchev–Trinajstić information content (AvgIpc) is 1.55. The van der Waals surface area contributed by atoms with E-state index in [0.29, 0.717) is 34.5 Å². The van der Waals surface area contributed by atoms with E-state index in [2.05, 4.69) is 380 Å². The molecule has 0 saturated heterocycles. The molecule has 0 aliphatic carbocycles. The molecule has 0 amide bonds. The minimum absolute atomic E-state index is 0. The topological polar surface area (TPSA) is 135 Å². The number of para-hydroxylation sites is 3. The van der Waals surface area contributed by atoms with Crippen molar-refractivity contribution in [1.82, 2.24) is 58.0 Å². The zero-order valence-corrected chi connectivity index (χ0v) is 97.3. The molecule has 21 aromatic rings. The van der Waals surface area contributed by atoms with E-state index in [1.165, 1.54) is 66.8 Å². The number of aryl methyl sites for hydroxylation is 6. The van der Waals surface area contributed by atoms with Gasteiger partial charge in [-0.3, -0.25) is 14.0 Å². The molecule has 0 radical (unpaired) electrons. The van der Waals surface area contributed by atoms with Gasteiger partial charge in [-0.25, -0.2) is 15.0 Å².